The maximum Gasteiger partial charge on any atom is 0.326 e. The van der Waals surface area contributed by atoms with Crippen molar-refractivity contribution in [2.45, 2.75) is 27.0 Å². The first-order chi connectivity index (χ1) is 13.5. The van der Waals surface area contributed by atoms with E-state index in [-0.39, 0.29) is 18.7 Å². The number of esters is 1. The summed E-state index contributed by atoms with van der Waals surface area (Å²) >= 11 is 1.47. The van der Waals surface area contributed by atoms with Crippen molar-refractivity contribution in [3.63, 3.8) is 0 Å². The van der Waals surface area contributed by atoms with Crippen LogP contribution in [0.4, 0.5) is 0 Å². The van der Waals surface area contributed by atoms with Crippen molar-refractivity contribution in [2.24, 2.45) is 0 Å². The van der Waals surface area contributed by atoms with E-state index in [1.165, 1.54) is 22.2 Å². The van der Waals surface area contributed by atoms with E-state index in [9.17, 15) is 9.59 Å². The van der Waals surface area contributed by atoms with Crippen LogP contribution in [0.25, 0.3) is 21.5 Å². The van der Waals surface area contributed by atoms with E-state index in [1.807, 2.05) is 44.2 Å². The Morgan fingerprint density at radius 1 is 1.25 bits per heavy atom. The maximum absolute atomic E-state index is 12.6. The summed E-state index contributed by atoms with van der Waals surface area (Å²) in [5, 5.41) is 4.47. The molecule has 7 nitrogen and oxygen atoms in total. The van der Waals surface area contributed by atoms with E-state index in [0.29, 0.717) is 21.7 Å². The minimum atomic E-state index is -0.544. The monoisotopic (exact) mass is 395 g/mol. The molecule has 142 valence electrons. The lowest BCUT2D eigenvalue weighted by atomic mass is 10.2. The fourth-order valence-electron chi connectivity index (χ4n) is 2.84. The second-order valence-electron chi connectivity index (χ2n) is 6.35. The van der Waals surface area contributed by atoms with Gasteiger partial charge in [0.1, 0.15) is 23.7 Å². The van der Waals surface area contributed by atoms with Crippen molar-refractivity contribution in [1.82, 2.24) is 14.7 Å². The Balaban J connectivity index is 1.43. The zero-order valence-electron chi connectivity index (χ0n) is 15.3. The molecule has 28 heavy (non-hydrogen) atoms. The highest BCUT2D eigenvalue weighted by Gasteiger charge is 2.15. The molecule has 0 saturated heterocycles. The summed E-state index contributed by atoms with van der Waals surface area (Å²) in [5.41, 5.74) is 2.05. The van der Waals surface area contributed by atoms with Crippen molar-refractivity contribution in [3.05, 3.63) is 69.2 Å². The van der Waals surface area contributed by atoms with Gasteiger partial charge in [-0.15, -0.1) is 11.3 Å². The van der Waals surface area contributed by atoms with Gasteiger partial charge in [0.25, 0.3) is 5.56 Å². The minimum absolute atomic E-state index is 0.0316. The first-order valence-electron chi connectivity index (χ1n) is 8.64. The number of rotatable bonds is 5. The zero-order chi connectivity index (χ0) is 19.7. The van der Waals surface area contributed by atoms with Crippen LogP contribution in [0.15, 0.2) is 52.0 Å². The van der Waals surface area contributed by atoms with Gasteiger partial charge in [0.05, 0.1) is 11.7 Å². The third-order valence-electron chi connectivity index (χ3n) is 4.45. The van der Waals surface area contributed by atoms with Crippen LogP contribution >= 0.6 is 11.3 Å². The minimum Gasteiger partial charge on any atom is -0.458 e. The van der Waals surface area contributed by atoms with Crippen LogP contribution in [0.5, 0.6) is 0 Å². The molecule has 0 aliphatic heterocycles. The Kier molecular flexibility index (Phi) is 4.79. The summed E-state index contributed by atoms with van der Waals surface area (Å²) in [5.74, 6) is 0.0536. The summed E-state index contributed by atoms with van der Waals surface area (Å²) in [7, 11) is 0. The van der Waals surface area contributed by atoms with Gasteiger partial charge in [-0.05, 0) is 19.4 Å². The van der Waals surface area contributed by atoms with Crippen LogP contribution in [0.1, 0.15) is 16.1 Å². The second kappa shape index (κ2) is 7.40. The fraction of sp³-hybridized carbons (Fsp3) is 0.200. The van der Waals surface area contributed by atoms with Gasteiger partial charge in [0.15, 0.2) is 5.76 Å². The summed E-state index contributed by atoms with van der Waals surface area (Å²) in [6.45, 7) is 3.59. The number of aromatic nitrogens is 3. The molecule has 8 heteroatoms. The van der Waals surface area contributed by atoms with Crippen molar-refractivity contribution >= 4 is 27.5 Å². The third-order valence-corrected chi connectivity index (χ3v) is 5.57. The molecule has 0 bridgehead atoms. The molecule has 0 aliphatic carbocycles. The SMILES string of the molecule is Cc1sc2ncn(CC(=O)OCc3cc(-c4ccccc4)on3)c(=O)c2c1C. The van der Waals surface area contributed by atoms with Gasteiger partial charge in [-0.2, -0.15) is 0 Å². The topological polar surface area (TPSA) is 87.2 Å². The van der Waals surface area contributed by atoms with Crippen LogP contribution < -0.4 is 5.56 Å². The highest BCUT2D eigenvalue weighted by Crippen LogP contribution is 2.25. The highest BCUT2D eigenvalue weighted by molar-refractivity contribution is 7.18. The molecule has 3 heterocycles. The molecule has 0 radical (unpaired) electrons. The molecular weight excluding hydrogens is 378 g/mol. The van der Waals surface area contributed by atoms with Crippen LogP contribution in [-0.2, 0) is 22.7 Å². The zero-order valence-corrected chi connectivity index (χ0v) is 16.2. The molecule has 0 fully saturated rings. The number of thiophene rings is 1. The van der Waals surface area contributed by atoms with Crippen LogP contribution in [0.2, 0.25) is 0 Å². The second-order valence-corrected chi connectivity index (χ2v) is 7.55. The van der Waals surface area contributed by atoms with Crippen molar-refractivity contribution < 1.29 is 14.1 Å². The molecule has 3 aromatic heterocycles. The molecule has 0 unspecified atom stereocenters. The molecule has 4 rings (SSSR count). The summed E-state index contributed by atoms with van der Waals surface area (Å²) in [6.07, 6.45) is 1.38. The van der Waals surface area contributed by atoms with E-state index in [1.54, 1.807) is 6.07 Å². The lowest BCUT2D eigenvalue weighted by Gasteiger charge is -2.05. The smallest absolute Gasteiger partial charge is 0.326 e. The lowest BCUT2D eigenvalue weighted by Crippen LogP contribution is -2.25. The first-order valence-corrected chi connectivity index (χ1v) is 9.46. The molecule has 0 spiro atoms. The molecule has 4 aromatic rings. The van der Waals surface area contributed by atoms with Gasteiger partial charge in [-0.1, -0.05) is 35.5 Å². The van der Waals surface area contributed by atoms with E-state index >= 15 is 0 Å². The predicted octanol–water partition coefficient (Wildman–Crippen LogP) is 3.47. The summed E-state index contributed by atoms with van der Waals surface area (Å²) in [6, 6.07) is 11.2. The number of hydrogen-bond acceptors (Lipinski definition) is 7. The van der Waals surface area contributed by atoms with Gasteiger partial charge in [-0.25, -0.2) is 4.98 Å². The third kappa shape index (κ3) is 3.46. The number of aryl methyl sites for hydroxylation is 2. The van der Waals surface area contributed by atoms with Crippen molar-refractivity contribution in [3.8, 4) is 11.3 Å². The number of nitrogens with zero attached hydrogens (tertiary/aromatic N) is 3. The molecular formula is C20H17N3O4S. The predicted molar refractivity (Wildman–Crippen MR) is 105 cm³/mol. The fourth-order valence-corrected chi connectivity index (χ4v) is 3.83. The van der Waals surface area contributed by atoms with Gasteiger partial charge >= 0.3 is 5.97 Å². The number of ether oxygens (including phenoxy) is 1. The van der Waals surface area contributed by atoms with E-state index in [4.69, 9.17) is 9.26 Å². The van der Waals surface area contributed by atoms with Gasteiger partial charge in [-0.3, -0.25) is 14.2 Å². The summed E-state index contributed by atoms with van der Waals surface area (Å²) < 4.78 is 11.8. The Hall–Kier alpha value is -3.26. The Bertz CT molecular complexity index is 1210. The van der Waals surface area contributed by atoms with E-state index in [0.717, 1.165) is 16.0 Å². The molecule has 0 amide bonds. The van der Waals surface area contributed by atoms with Crippen LogP contribution in [0.3, 0.4) is 0 Å². The van der Waals surface area contributed by atoms with Crippen LogP contribution in [0, 0.1) is 13.8 Å². The van der Waals surface area contributed by atoms with Crippen molar-refractivity contribution in [1.29, 1.82) is 0 Å². The molecule has 0 aliphatic rings. The number of fused-ring (bicyclic) bond motifs is 1. The first kappa shape index (κ1) is 18.1. The van der Waals surface area contributed by atoms with Crippen LogP contribution in [-0.4, -0.2) is 20.7 Å². The van der Waals surface area contributed by atoms with Gasteiger partial charge in [0, 0.05) is 16.5 Å². The van der Waals surface area contributed by atoms with E-state index < -0.39 is 5.97 Å². The van der Waals surface area contributed by atoms with E-state index in [2.05, 4.69) is 10.1 Å². The number of hydrogen-bond donors (Lipinski definition) is 0. The Labute approximate surface area is 164 Å². The largest absolute Gasteiger partial charge is 0.458 e. The lowest BCUT2D eigenvalue weighted by molar-refractivity contribution is -0.145. The number of carbonyl (C=O) groups excluding carboxylic acids is 1. The molecule has 1 aromatic carbocycles. The number of carbonyl (C=O) groups is 1. The summed E-state index contributed by atoms with van der Waals surface area (Å²) in [4.78, 5) is 30.8. The quantitative estimate of drug-likeness (QED) is 0.481. The Morgan fingerprint density at radius 3 is 2.82 bits per heavy atom. The normalized spacial score (nSPS) is 11.1. The van der Waals surface area contributed by atoms with Crippen molar-refractivity contribution in [2.75, 3.05) is 0 Å². The van der Waals surface area contributed by atoms with Gasteiger partial charge < -0.3 is 9.26 Å². The molecule has 0 atom stereocenters. The average Bonchev–Trinajstić information content (AvgIpc) is 3.28. The maximum atomic E-state index is 12.6. The average molecular weight is 395 g/mol. The molecule has 0 saturated carbocycles. The Morgan fingerprint density at radius 2 is 2.04 bits per heavy atom. The van der Waals surface area contributed by atoms with Gasteiger partial charge in [0.2, 0.25) is 0 Å². The molecule has 0 N–H and O–H groups in total. The number of benzene rings is 1. The highest BCUT2D eigenvalue weighted by atomic mass is 32.1. The standard InChI is InChI=1S/C20H17N3O4S/c1-12-13(2)28-19-18(12)20(25)23(11-21-19)9-17(24)26-10-15-8-16(27-22-15)14-6-4-3-5-7-14/h3-8,11H,9-10H2,1-2H3.